The molecule has 1 rings (SSSR count). The van der Waals surface area contributed by atoms with Crippen molar-refractivity contribution in [1.29, 1.82) is 0 Å². The Hall–Kier alpha value is -1.97. The molecule has 0 atom stereocenters. The lowest BCUT2D eigenvalue weighted by Crippen LogP contribution is -1.98. The highest BCUT2D eigenvalue weighted by Gasteiger charge is 2.10. The minimum Gasteiger partial charge on any atom is -0.497 e. The fourth-order valence-corrected chi connectivity index (χ4v) is 1.37. The molecule has 16 heavy (non-hydrogen) atoms. The summed E-state index contributed by atoms with van der Waals surface area (Å²) in [7, 11) is 3.08. The third kappa shape index (κ3) is 2.76. The molecule has 0 fully saturated rings. The van der Waals surface area contributed by atoms with Crippen LogP contribution >= 0.6 is 0 Å². The molecular weight excluding hydrogens is 208 g/mol. The zero-order valence-corrected chi connectivity index (χ0v) is 9.32. The monoisotopic (exact) mass is 222 g/mol. The van der Waals surface area contributed by atoms with Gasteiger partial charge in [0.25, 0.3) is 0 Å². The second-order valence-electron chi connectivity index (χ2n) is 3.24. The Kier molecular flexibility index (Phi) is 3.94. The van der Waals surface area contributed by atoms with Crippen LogP contribution in [0.15, 0.2) is 24.8 Å². The first-order valence-electron chi connectivity index (χ1n) is 4.70. The fraction of sp³-hybridized carbons (Fsp3) is 0.250. The second kappa shape index (κ2) is 5.21. The van der Waals surface area contributed by atoms with Crippen LogP contribution in [0.4, 0.5) is 0 Å². The van der Waals surface area contributed by atoms with Crippen molar-refractivity contribution in [2.45, 2.75) is 6.42 Å². The molecule has 1 aromatic rings. The lowest BCUT2D eigenvalue weighted by molar-refractivity contribution is -0.135. The zero-order chi connectivity index (χ0) is 12.1. The van der Waals surface area contributed by atoms with E-state index in [0.717, 1.165) is 0 Å². The zero-order valence-electron chi connectivity index (χ0n) is 9.32. The predicted molar refractivity (Wildman–Crippen MR) is 60.8 cm³/mol. The van der Waals surface area contributed by atoms with Crippen LogP contribution < -0.4 is 9.47 Å². The fourth-order valence-electron chi connectivity index (χ4n) is 1.37. The predicted octanol–water partition coefficient (Wildman–Crippen LogP) is 2.19. The quantitative estimate of drug-likeness (QED) is 0.829. The van der Waals surface area contributed by atoms with Gasteiger partial charge in [-0.25, -0.2) is 0 Å². The summed E-state index contributed by atoms with van der Waals surface area (Å²) in [6.07, 6.45) is -0.108. The number of carbonyl (C=O) groups is 1. The van der Waals surface area contributed by atoms with Gasteiger partial charge in [-0.05, 0) is 17.7 Å². The maximum Gasteiger partial charge on any atom is 0.307 e. The average molecular weight is 222 g/mol. The molecule has 0 spiro atoms. The number of hydrogen-bond acceptors (Lipinski definition) is 3. The first-order valence-corrected chi connectivity index (χ1v) is 4.70. The number of carboxylic acid groups (broad SMARTS) is 1. The standard InChI is InChI=1S/C12H14O4/c1-8(6-12(13)14)10-5-4-9(15-2)7-11(10)16-3/h4-5,7H,1,6H2,2-3H3,(H,13,14). The summed E-state index contributed by atoms with van der Waals surface area (Å²) in [4.78, 5) is 10.6. The van der Waals surface area contributed by atoms with Crippen molar-refractivity contribution in [3.8, 4) is 11.5 Å². The van der Waals surface area contributed by atoms with Crippen LogP contribution in [-0.4, -0.2) is 25.3 Å². The van der Waals surface area contributed by atoms with E-state index in [1.54, 1.807) is 25.3 Å². The molecule has 0 saturated carbocycles. The molecule has 0 heterocycles. The lowest BCUT2D eigenvalue weighted by Gasteiger charge is -2.11. The Morgan fingerprint density at radius 2 is 2.06 bits per heavy atom. The molecule has 0 saturated heterocycles. The summed E-state index contributed by atoms with van der Waals surface area (Å²) in [5.74, 6) is 0.303. The number of methoxy groups -OCH3 is 2. The van der Waals surface area contributed by atoms with E-state index in [9.17, 15) is 4.79 Å². The molecule has 0 aliphatic heterocycles. The topological polar surface area (TPSA) is 55.8 Å². The van der Waals surface area contributed by atoms with Gasteiger partial charge in [-0.15, -0.1) is 0 Å². The first-order chi connectivity index (χ1) is 7.58. The van der Waals surface area contributed by atoms with Gasteiger partial charge in [0.2, 0.25) is 0 Å². The van der Waals surface area contributed by atoms with Crippen molar-refractivity contribution in [2.75, 3.05) is 14.2 Å². The molecule has 0 amide bonds. The molecule has 86 valence electrons. The van der Waals surface area contributed by atoms with Gasteiger partial charge in [0.1, 0.15) is 11.5 Å². The van der Waals surface area contributed by atoms with Crippen molar-refractivity contribution < 1.29 is 19.4 Å². The minimum atomic E-state index is -0.914. The van der Waals surface area contributed by atoms with Gasteiger partial charge in [0.05, 0.1) is 20.6 Å². The van der Waals surface area contributed by atoms with Gasteiger partial charge < -0.3 is 14.6 Å². The Balaban J connectivity index is 3.03. The summed E-state index contributed by atoms with van der Waals surface area (Å²) >= 11 is 0. The number of ether oxygens (including phenoxy) is 2. The van der Waals surface area contributed by atoms with Crippen molar-refractivity contribution in [3.05, 3.63) is 30.3 Å². The molecule has 0 aliphatic carbocycles. The maximum absolute atomic E-state index is 10.6. The van der Waals surface area contributed by atoms with Crippen LogP contribution in [0, 0.1) is 0 Å². The molecular formula is C12H14O4. The van der Waals surface area contributed by atoms with Gasteiger partial charge in [-0.1, -0.05) is 6.58 Å². The molecule has 0 radical (unpaired) electrons. The smallest absolute Gasteiger partial charge is 0.307 e. The van der Waals surface area contributed by atoms with E-state index in [-0.39, 0.29) is 6.42 Å². The molecule has 1 aromatic carbocycles. The molecule has 4 heteroatoms. The van der Waals surface area contributed by atoms with Crippen LogP contribution in [0.3, 0.4) is 0 Å². The van der Waals surface area contributed by atoms with Crippen molar-refractivity contribution in [3.63, 3.8) is 0 Å². The molecule has 4 nitrogen and oxygen atoms in total. The highest BCUT2D eigenvalue weighted by atomic mass is 16.5. The number of rotatable bonds is 5. The molecule has 0 aliphatic rings. The van der Waals surface area contributed by atoms with E-state index in [1.807, 2.05) is 0 Å². The summed E-state index contributed by atoms with van der Waals surface area (Å²) in [5.41, 5.74) is 1.19. The highest BCUT2D eigenvalue weighted by Crippen LogP contribution is 2.30. The Morgan fingerprint density at radius 1 is 1.38 bits per heavy atom. The van der Waals surface area contributed by atoms with Gasteiger partial charge in [-0.2, -0.15) is 0 Å². The summed E-state index contributed by atoms with van der Waals surface area (Å²) in [5, 5.41) is 8.68. The minimum absolute atomic E-state index is 0.108. The number of hydrogen-bond donors (Lipinski definition) is 1. The van der Waals surface area contributed by atoms with Gasteiger partial charge in [-0.3, -0.25) is 4.79 Å². The summed E-state index contributed by atoms with van der Waals surface area (Å²) < 4.78 is 10.2. The molecule has 0 bridgehead atoms. The van der Waals surface area contributed by atoms with Gasteiger partial charge in [0, 0.05) is 11.6 Å². The third-order valence-electron chi connectivity index (χ3n) is 2.15. The number of carboxylic acids is 1. The van der Waals surface area contributed by atoms with Crippen LogP contribution in [0.25, 0.3) is 5.57 Å². The molecule has 1 N–H and O–H groups in total. The second-order valence-corrected chi connectivity index (χ2v) is 3.24. The molecule has 0 aromatic heterocycles. The van der Waals surface area contributed by atoms with Crippen molar-refractivity contribution >= 4 is 11.5 Å². The first kappa shape index (κ1) is 12.1. The van der Waals surface area contributed by atoms with Crippen LogP contribution in [0.2, 0.25) is 0 Å². The Bertz CT molecular complexity index is 409. The van der Waals surface area contributed by atoms with E-state index in [2.05, 4.69) is 6.58 Å². The number of aliphatic carboxylic acids is 1. The summed E-state index contributed by atoms with van der Waals surface area (Å²) in [6, 6.07) is 5.18. The lowest BCUT2D eigenvalue weighted by atomic mass is 10.0. The average Bonchev–Trinajstić information content (AvgIpc) is 2.27. The van der Waals surface area contributed by atoms with Gasteiger partial charge >= 0.3 is 5.97 Å². The van der Waals surface area contributed by atoms with Crippen LogP contribution in [0.5, 0.6) is 11.5 Å². The Morgan fingerprint density at radius 3 is 2.56 bits per heavy atom. The van der Waals surface area contributed by atoms with Gasteiger partial charge in [0.15, 0.2) is 0 Å². The summed E-state index contributed by atoms with van der Waals surface area (Å²) in [6.45, 7) is 3.73. The SMILES string of the molecule is C=C(CC(=O)O)c1ccc(OC)cc1OC. The molecule has 0 unspecified atom stereocenters. The maximum atomic E-state index is 10.6. The van der Waals surface area contributed by atoms with E-state index in [0.29, 0.717) is 22.6 Å². The third-order valence-corrected chi connectivity index (χ3v) is 2.15. The largest absolute Gasteiger partial charge is 0.497 e. The van der Waals surface area contributed by atoms with Crippen molar-refractivity contribution in [1.82, 2.24) is 0 Å². The normalized spacial score (nSPS) is 9.62. The Labute approximate surface area is 94.1 Å². The van der Waals surface area contributed by atoms with Crippen molar-refractivity contribution in [2.24, 2.45) is 0 Å². The highest BCUT2D eigenvalue weighted by molar-refractivity contribution is 5.84. The van der Waals surface area contributed by atoms with E-state index in [4.69, 9.17) is 14.6 Å². The number of benzene rings is 1. The van der Waals surface area contributed by atoms with Crippen LogP contribution in [-0.2, 0) is 4.79 Å². The van der Waals surface area contributed by atoms with Crippen LogP contribution in [0.1, 0.15) is 12.0 Å². The van der Waals surface area contributed by atoms with E-state index in [1.165, 1.54) is 7.11 Å². The van der Waals surface area contributed by atoms with E-state index >= 15 is 0 Å². The van der Waals surface area contributed by atoms with E-state index < -0.39 is 5.97 Å².